The third-order valence-electron chi connectivity index (χ3n) is 5.57. The van der Waals surface area contributed by atoms with Gasteiger partial charge in [-0.1, -0.05) is 30.1 Å². The molecule has 6 heteroatoms. The molecule has 0 saturated heterocycles. The molecule has 1 atom stereocenters. The van der Waals surface area contributed by atoms with Crippen LogP contribution >= 0.6 is 23.2 Å². The molecule has 0 aromatic heterocycles. The minimum absolute atomic E-state index is 0.125. The van der Waals surface area contributed by atoms with E-state index in [2.05, 4.69) is 62.3 Å². The van der Waals surface area contributed by atoms with Crippen LogP contribution in [0.1, 0.15) is 60.2 Å². The summed E-state index contributed by atoms with van der Waals surface area (Å²) in [5.74, 6) is 0.0831. The largest absolute Gasteiger partial charge is 0.369 e. The SMILES string of the molecule is Cc1cc2c(cc1/C=N/NC(=O)c1ccc(Cl)cc1Cl)C(C)CC(C)(C)N2C. The lowest BCUT2D eigenvalue weighted by Crippen LogP contribution is -2.45. The van der Waals surface area contributed by atoms with Crippen LogP contribution in [0.2, 0.25) is 10.0 Å². The number of amides is 1. The first-order valence-corrected chi connectivity index (χ1v) is 10.0. The predicted octanol–water partition coefficient (Wildman–Crippen LogP) is 5.79. The molecular formula is C22H25Cl2N3O. The van der Waals surface area contributed by atoms with Gasteiger partial charge >= 0.3 is 0 Å². The standard InChI is InChI=1S/C22H25Cl2N3O/c1-13-8-20-18(14(2)11-22(3,4)27(20)5)9-15(13)12-25-26-21(28)17-7-6-16(23)10-19(17)24/h6-10,12,14H,11H2,1-5H3,(H,26,28)/b25-12+. The summed E-state index contributed by atoms with van der Waals surface area (Å²) >= 11 is 11.9. The number of anilines is 1. The first-order valence-electron chi connectivity index (χ1n) is 9.27. The number of hydrogen-bond donors (Lipinski definition) is 1. The number of rotatable bonds is 3. The Hall–Kier alpha value is -2.04. The summed E-state index contributed by atoms with van der Waals surface area (Å²) in [7, 11) is 2.15. The van der Waals surface area contributed by atoms with Crippen LogP contribution < -0.4 is 10.3 Å². The number of nitrogens with zero attached hydrogens (tertiary/aromatic N) is 2. The number of carbonyl (C=O) groups excluding carboxylic acids is 1. The van der Waals surface area contributed by atoms with Gasteiger partial charge in [-0.05, 0) is 80.1 Å². The van der Waals surface area contributed by atoms with Crippen molar-refractivity contribution in [2.45, 2.75) is 45.6 Å². The van der Waals surface area contributed by atoms with Gasteiger partial charge in [0.05, 0.1) is 16.8 Å². The number of nitrogens with one attached hydrogen (secondary N) is 1. The Bertz CT molecular complexity index is 953. The molecule has 1 heterocycles. The van der Waals surface area contributed by atoms with Crippen molar-refractivity contribution in [1.82, 2.24) is 5.43 Å². The smallest absolute Gasteiger partial charge is 0.272 e. The highest BCUT2D eigenvalue weighted by Gasteiger charge is 2.34. The second-order valence-electron chi connectivity index (χ2n) is 8.07. The maximum absolute atomic E-state index is 12.3. The van der Waals surface area contributed by atoms with Gasteiger partial charge in [0, 0.05) is 23.3 Å². The maximum atomic E-state index is 12.3. The minimum atomic E-state index is -0.372. The van der Waals surface area contributed by atoms with Crippen LogP contribution in [0.4, 0.5) is 5.69 Å². The van der Waals surface area contributed by atoms with Gasteiger partial charge in [0.15, 0.2) is 0 Å². The van der Waals surface area contributed by atoms with Crippen LogP contribution in [-0.4, -0.2) is 24.7 Å². The Balaban J connectivity index is 1.81. The molecule has 148 valence electrons. The molecule has 4 nitrogen and oxygen atoms in total. The monoisotopic (exact) mass is 417 g/mol. The van der Waals surface area contributed by atoms with E-state index in [0.29, 0.717) is 21.5 Å². The molecule has 1 unspecified atom stereocenters. The lowest BCUT2D eigenvalue weighted by Gasteiger charge is -2.45. The van der Waals surface area contributed by atoms with E-state index in [1.165, 1.54) is 17.3 Å². The van der Waals surface area contributed by atoms with Gasteiger partial charge in [0.1, 0.15) is 0 Å². The van der Waals surface area contributed by atoms with Crippen molar-refractivity contribution in [2.75, 3.05) is 11.9 Å². The molecule has 0 aliphatic carbocycles. The summed E-state index contributed by atoms with van der Waals surface area (Å²) in [5, 5.41) is 4.91. The van der Waals surface area contributed by atoms with Crippen molar-refractivity contribution in [3.63, 3.8) is 0 Å². The highest BCUT2D eigenvalue weighted by Crippen LogP contribution is 2.43. The Morgan fingerprint density at radius 1 is 1.29 bits per heavy atom. The molecule has 0 saturated carbocycles. The molecule has 3 rings (SSSR count). The van der Waals surface area contributed by atoms with Gasteiger partial charge in [-0.15, -0.1) is 0 Å². The van der Waals surface area contributed by atoms with Gasteiger partial charge < -0.3 is 4.90 Å². The minimum Gasteiger partial charge on any atom is -0.369 e. The van der Waals surface area contributed by atoms with Crippen molar-refractivity contribution in [3.8, 4) is 0 Å². The fraction of sp³-hybridized carbons (Fsp3) is 0.364. The zero-order valence-corrected chi connectivity index (χ0v) is 18.3. The van der Waals surface area contributed by atoms with E-state index in [1.807, 2.05) is 0 Å². The lowest BCUT2D eigenvalue weighted by molar-refractivity contribution is 0.0955. The van der Waals surface area contributed by atoms with E-state index >= 15 is 0 Å². The number of fused-ring (bicyclic) bond motifs is 1. The van der Waals surface area contributed by atoms with E-state index in [4.69, 9.17) is 23.2 Å². The molecular weight excluding hydrogens is 393 g/mol. The van der Waals surface area contributed by atoms with Crippen molar-refractivity contribution in [1.29, 1.82) is 0 Å². The normalized spacial score (nSPS) is 18.2. The van der Waals surface area contributed by atoms with E-state index in [-0.39, 0.29) is 11.4 Å². The Kier molecular flexibility index (Phi) is 5.74. The predicted molar refractivity (Wildman–Crippen MR) is 118 cm³/mol. The summed E-state index contributed by atoms with van der Waals surface area (Å²) in [6, 6.07) is 9.12. The fourth-order valence-electron chi connectivity index (χ4n) is 3.77. The Morgan fingerprint density at radius 2 is 2.00 bits per heavy atom. The summed E-state index contributed by atoms with van der Waals surface area (Å²) < 4.78 is 0. The third kappa shape index (κ3) is 4.03. The topological polar surface area (TPSA) is 44.7 Å². The van der Waals surface area contributed by atoms with E-state index in [1.54, 1.807) is 18.3 Å². The maximum Gasteiger partial charge on any atom is 0.272 e. The van der Waals surface area contributed by atoms with Crippen molar-refractivity contribution in [3.05, 3.63) is 62.6 Å². The lowest BCUT2D eigenvalue weighted by atomic mass is 9.79. The first kappa shape index (κ1) is 20.7. The van der Waals surface area contributed by atoms with E-state index in [9.17, 15) is 4.79 Å². The molecule has 0 radical (unpaired) electrons. The molecule has 1 N–H and O–H groups in total. The second-order valence-corrected chi connectivity index (χ2v) is 8.91. The molecule has 1 aliphatic rings. The molecule has 2 aromatic rings. The van der Waals surface area contributed by atoms with Crippen molar-refractivity contribution >= 4 is 41.0 Å². The van der Waals surface area contributed by atoms with Crippen LogP contribution in [0.25, 0.3) is 0 Å². The second kappa shape index (κ2) is 7.76. The molecule has 0 spiro atoms. The Labute approximate surface area is 176 Å². The first-order chi connectivity index (χ1) is 13.1. The number of hydrogen-bond acceptors (Lipinski definition) is 3. The summed E-state index contributed by atoms with van der Waals surface area (Å²) in [6.45, 7) is 8.86. The van der Waals surface area contributed by atoms with Crippen LogP contribution in [0.3, 0.4) is 0 Å². The summed E-state index contributed by atoms with van der Waals surface area (Å²) in [6.07, 6.45) is 2.77. The molecule has 0 bridgehead atoms. The van der Waals surface area contributed by atoms with Gasteiger partial charge in [0.2, 0.25) is 0 Å². The molecule has 0 fully saturated rings. The van der Waals surface area contributed by atoms with Crippen LogP contribution in [0, 0.1) is 6.92 Å². The van der Waals surface area contributed by atoms with Gasteiger partial charge in [0.25, 0.3) is 5.91 Å². The highest BCUT2D eigenvalue weighted by atomic mass is 35.5. The summed E-state index contributed by atoms with van der Waals surface area (Å²) in [5.41, 5.74) is 7.66. The molecule has 1 aliphatic heterocycles. The van der Waals surface area contributed by atoms with Gasteiger partial charge in [-0.2, -0.15) is 5.10 Å². The fourth-order valence-corrected chi connectivity index (χ4v) is 4.26. The number of hydrazone groups is 1. The van der Waals surface area contributed by atoms with Crippen LogP contribution in [-0.2, 0) is 0 Å². The number of aryl methyl sites for hydroxylation is 1. The molecule has 1 amide bonds. The van der Waals surface area contributed by atoms with Crippen LogP contribution in [0.15, 0.2) is 35.4 Å². The zero-order chi connectivity index (χ0) is 20.6. The van der Waals surface area contributed by atoms with Gasteiger partial charge in [-0.25, -0.2) is 5.43 Å². The van der Waals surface area contributed by atoms with Crippen molar-refractivity contribution < 1.29 is 4.79 Å². The summed E-state index contributed by atoms with van der Waals surface area (Å²) in [4.78, 5) is 14.6. The zero-order valence-electron chi connectivity index (χ0n) is 16.8. The van der Waals surface area contributed by atoms with Crippen molar-refractivity contribution in [2.24, 2.45) is 5.10 Å². The quantitative estimate of drug-likeness (QED) is 0.507. The Morgan fingerprint density at radius 3 is 2.68 bits per heavy atom. The number of benzene rings is 2. The van der Waals surface area contributed by atoms with E-state index in [0.717, 1.165) is 17.5 Å². The number of halogens is 2. The van der Waals surface area contributed by atoms with Gasteiger partial charge in [-0.3, -0.25) is 4.79 Å². The van der Waals surface area contributed by atoms with Crippen LogP contribution in [0.5, 0.6) is 0 Å². The average Bonchev–Trinajstić information content (AvgIpc) is 2.60. The van der Waals surface area contributed by atoms with E-state index < -0.39 is 0 Å². The highest BCUT2D eigenvalue weighted by molar-refractivity contribution is 6.36. The average molecular weight is 418 g/mol. The third-order valence-corrected chi connectivity index (χ3v) is 6.11. The molecule has 28 heavy (non-hydrogen) atoms. The number of carbonyl (C=O) groups is 1. The molecule has 2 aromatic carbocycles.